The SMILES string of the molecule is CCOc1ccc(Nc2ccc(Cc3c[nH]c4c3=C(OC)NCN=4)c(F)n2)cn1. The van der Waals surface area contributed by atoms with Gasteiger partial charge >= 0.3 is 0 Å². The first-order valence-electron chi connectivity index (χ1n) is 9.22. The molecule has 3 aromatic heterocycles. The Balaban J connectivity index is 1.54. The molecule has 0 radical (unpaired) electrons. The van der Waals surface area contributed by atoms with Crippen LogP contribution in [0.1, 0.15) is 18.1 Å². The molecule has 3 N–H and O–H groups in total. The zero-order valence-corrected chi connectivity index (χ0v) is 16.1. The van der Waals surface area contributed by atoms with Gasteiger partial charge in [-0.15, -0.1) is 0 Å². The van der Waals surface area contributed by atoms with Gasteiger partial charge in [0, 0.05) is 24.2 Å². The van der Waals surface area contributed by atoms with Crippen molar-refractivity contribution < 1.29 is 13.9 Å². The van der Waals surface area contributed by atoms with Crippen LogP contribution >= 0.6 is 0 Å². The van der Waals surface area contributed by atoms with E-state index in [1.165, 1.54) is 0 Å². The van der Waals surface area contributed by atoms with E-state index in [0.29, 0.717) is 48.5 Å². The zero-order chi connectivity index (χ0) is 20.2. The normalized spacial score (nSPS) is 12.6. The molecule has 8 nitrogen and oxygen atoms in total. The topological polar surface area (TPSA) is 96.5 Å². The van der Waals surface area contributed by atoms with Gasteiger partial charge in [0.05, 0.1) is 30.8 Å². The van der Waals surface area contributed by atoms with Crippen LogP contribution in [0.2, 0.25) is 0 Å². The number of aromatic nitrogens is 3. The van der Waals surface area contributed by atoms with Crippen molar-refractivity contribution >= 4 is 17.4 Å². The summed E-state index contributed by atoms with van der Waals surface area (Å²) in [6.45, 7) is 2.88. The van der Waals surface area contributed by atoms with Gasteiger partial charge in [0.15, 0.2) is 5.88 Å². The Hall–Kier alpha value is -3.62. The number of hydrogen-bond donors (Lipinski definition) is 3. The van der Waals surface area contributed by atoms with E-state index in [9.17, 15) is 4.39 Å². The summed E-state index contributed by atoms with van der Waals surface area (Å²) in [4.78, 5) is 15.7. The predicted molar refractivity (Wildman–Crippen MR) is 106 cm³/mol. The number of aromatic amines is 1. The molecule has 1 aliphatic heterocycles. The number of H-pyrrole nitrogens is 1. The Labute approximate surface area is 166 Å². The van der Waals surface area contributed by atoms with Crippen LogP contribution in [0.25, 0.3) is 5.88 Å². The summed E-state index contributed by atoms with van der Waals surface area (Å²) >= 11 is 0. The van der Waals surface area contributed by atoms with Crippen molar-refractivity contribution in [3.63, 3.8) is 0 Å². The van der Waals surface area contributed by atoms with E-state index in [-0.39, 0.29) is 0 Å². The first-order valence-corrected chi connectivity index (χ1v) is 9.22. The van der Waals surface area contributed by atoms with Gasteiger partial charge in [-0.1, -0.05) is 6.07 Å². The number of anilines is 2. The fraction of sp³-hybridized carbons (Fsp3) is 0.250. The molecular formula is C20H21FN6O2. The average Bonchev–Trinajstić information content (AvgIpc) is 3.15. The van der Waals surface area contributed by atoms with Gasteiger partial charge in [0.2, 0.25) is 11.8 Å². The minimum absolute atomic E-state index is 0.361. The second-order valence-electron chi connectivity index (χ2n) is 6.33. The molecule has 0 amide bonds. The number of nitrogens with one attached hydrogen (secondary N) is 3. The molecule has 0 aromatic carbocycles. The van der Waals surface area contributed by atoms with E-state index >= 15 is 0 Å². The van der Waals surface area contributed by atoms with Crippen molar-refractivity contribution in [2.75, 3.05) is 25.7 Å². The van der Waals surface area contributed by atoms with Gasteiger partial charge in [-0.05, 0) is 24.6 Å². The Morgan fingerprint density at radius 2 is 2.10 bits per heavy atom. The van der Waals surface area contributed by atoms with Gasteiger partial charge in [-0.25, -0.2) is 15.0 Å². The lowest BCUT2D eigenvalue weighted by Gasteiger charge is -2.11. The minimum atomic E-state index is -0.538. The molecule has 0 unspecified atom stereocenters. The van der Waals surface area contributed by atoms with Crippen LogP contribution in [-0.4, -0.2) is 35.3 Å². The lowest BCUT2D eigenvalue weighted by molar-refractivity contribution is 0.327. The third-order valence-corrected chi connectivity index (χ3v) is 4.46. The molecule has 0 saturated carbocycles. The Morgan fingerprint density at radius 1 is 1.21 bits per heavy atom. The van der Waals surface area contributed by atoms with Gasteiger partial charge in [0.25, 0.3) is 0 Å². The monoisotopic (exact) mass is 396 g/mol. The third kappa shape index (κ3) is 3.98. The molecule has 9 heteroatoms. The van der Waals surface area contributed by atoms with Crippen molar-refractivity contribution in [1.29, 1.82) is 0 Å². The lowest BCUT2D eigenvalue weighted by atomic mass is 10.1. The number of ether oxygens (including phenoxy) is 2. The summed E-state index contributed by atoms with van der Waals surface area (Å²) in [6, 6.07) is 6.99. The predicted octanol–water partition coefficient (Wildman–Crippen LogP) is 1.57. The van der Waals surface area contributed by atoms with Crippen LogP contribution in [0.4, 0.5) is 15.9 Å². The highest BCUT2D eigenvalue weighted by Gasteiger charge is 2.14. The molecule has 0 saturated heterocycles. The summed E-state index contributed by atoms with van der Waals surface area (Å²) in [6.07, 6.45) is 3.79. The number of rotatable bonds is 7. The van der Waals surface area contributed by atoms with Crippen molar-refractivity contribution in [2.24, 2.45) is 4.99 Å². The molecule has 29 heavy (non-hydrogen) atoms. The first kappa shape index (κ1) is 18.7. The van der Waals surface area contributed by atoms with E-state index < -0.39 is 5.95 Å². The smallest absolute Gasteiger partial charge is 0.218 e. The molecule has 0 spiro atoms. The Morgan fingerprint density at radius 3 is 2.83 bits per heavy atom. The number of hydrogen-bond acceptors (Lipinski definition) is 7. The van der Waals surface area contributed by atoms with Crippen LogP contribution in [0.5, 0.6) is 5.88 Å². The van der Waals surface area contributed by atoms with Crippen LogP contribution in [-0.2, 0) is 11.2 Å². The largest absolute Gasteiger partial charge is 0.482 e. The second kappa shape index (κ2) is 8.17. The molecule has 0 fully saturated rings. The molecule has 0 bridgehead atoms. The van der Waals surface area contributed by atoms with Crippen molar-refractivity contribution in [3.8, 4) is 5.88 Å². The summed E-state index contributed by atoms with van der Waals surface area (Å²) in [7, 11) is 1.59. The maximum Gasteiger partial charge on any atom is 0.218 e. The fourth-order valence-corrected chi connectivity index (χ4v) is 3.13. The number of fused-ring (bicyclic) bond motifs is 1. The minimum Gasteiger partial charge on any atom is -0.482 e. The maximum atomic E-state index is 14.6. The van der Waals surface area contributed by atoms with E-state index in [4.69, 9.17) is 9.47 Å². The highest BCUT2D eigenvalue weighted by atomic mass is 19.1. The van der Waals surface area contributed by atoms with E-state index in [1.54, 1.807) is 37.6 Å². The quantitative estimate of drug-likeness (QED) is 0.525. The van der Waals surface area contributed by atoms with E-state index in [2.05, 4.69) is 30.6 Å². The standard InChI is InChI=1S/C20H21FN6O2/c1-3-29-16-7-5-14(10-22-16)26-15-6-4-12(18(21)27-15)8-13-9-23-19-17(13)20(28-2)25-11-24-19/h4-7,9-10,25H,3,8,11H2,1-2H3,(H,23,24)(H,26,27). The van der Waals surface area contributed by atoms with Gasteiger partial charge < -0.3 is 25.1 Å². The molecule has 150 valence electrons. The fourth-order valence-electron chi connectivity index (χ4n) is 3.13. The van der Waals surface area contributed by atoms with Gasteiger partial charge in [-0.2, -0.15) is 4.39 Å². The molecule has 4 heterocycles. The second-order valence-corrected chi connectivity index (χ2v) is 6.33. The van der Waals surface area contributed by atoms with Crippen LogP contribution < -0.4 is 26.1 Å². The Kier molecular flexibility index (Phi) is 5.28. The zero-order valence-electron chi connectivity index (χ0n) is 16.1. The molecule has 0 aliphatic carbocycles. The average molecular weight is 396 g/mol. The molecule has 1 aliphatic rings. The van der Waals surface area contributed by atoms with Crippen molar-refractivity contribution in [3.05, 3.63) is 64.4 Å². The lowest BCUT2D eigenvalue weighted by Crippen LogP contribution is -2.39. The summed E-state index contributed by atoms with van der Waals surface area (Å²) in [5.74, 6) is 1.02. The van der Waals surface area contributed by atoms with E-state index in [1.807, 2.05) is 13.1 Å². The van der Waals surface area contributed by atoms with Crippen molar-refractivity contribution in [2.45, 2.75) is 13.3 Å². The molecule has 4 rings (SSSR count). The third-order valence-electron chi connectivity index (χ3n) is 4.46. The summed E-state index contributed by atoms with van der Waals surface area (Å²) in [5, 5.41) is 6.94. The van der Waals surface area contributed by atoms with Gasteiger partial charge in [0.1, 0.15) is 18.0 Å². The number of halogens is 1. The first-order chi connectivity index (χ1) is 14.2. The van der Waals surface area contributed by atoms with Gasteiger partial charge in [-0.3, -0.25) is 0 Å². The summed E-state index contributed by atoms with van der Waals surface area (Å²) < 4.78 is 25.3. The van der Waals surface area contributed by atoms with Crippen LogP contribution in [0.3, 0.4) is 0 Å². The molecule has 3 aromatic rings. The number of methoxy groups -OCH3 is 1. The van der Waals surface area contributed by atoms with Crippen molar-refractivity contribution in [1.82, 2.24) is 20.3 Å². The molecule has 0 atom stereocenters. The number of pyridine rings is 2. The van der Waals surface area contributed by atoms with Crippen LogP contribution in [0, 0.1) is 5.95 Å². The van der Waals surface area contributed by atoms with E-state index in [0.717, 1.165) is 16.3 Å². The summed E-state index contributed by atoms with van der Waals surface area (Å²) in [5.41, 5.74) is 2.78. The highest BCUT2D eigenvalue weighted by molar-refractivity contribution is 5.55. The van der Waals surface area contributed by atoms with Crippen LogP contribution in [0.15, 0.2) is 41.7 Å². The Bertz CT molecular complexity index is 1130. The number of nitrogens with zero attached hydrogens (tertiary/aromatic N) is 3. The molecular weight excluding hydrogens is 375 g/mol. The maximum absolute atomic E-state index is 14.6. The highest BCUT2D eigenvalue weighted by Crippen LogP contribution is 2.19.